The van der Waals surface area contributed by atoms with Gasteiger partial charge < -0.3 is 15.5 Å². The lowest BCUT2D eigenvalue weighted by molar-refractivity contribution is 0.0650. The Bertz CT molecular complexity index is 615. The Kier molecular flexibility index (Phi) is 4.12. The minimum Gasteiger partial charge on any atom is -0.332 e. The lowest BCUT2D eigenvalue weighted by Gasteiger charge is -2.33. The van der Waals surface area contributed by atoms with Crippen molar-refractivity contribution in [2.24, 2.45) is 0 Å². The number of rotatable bonds is 3. The highest BCUT2D eigenvalue weighted by atomic mass is 32.1. The van der Waals surface area contributed by atoms with Crippen molar-refractivity contribution in [3.8, 4) is 0 Å². The summed E-state index contributed by atoms with van der Waals surface area (Å²) in [5, 5.41) is 8.86. The van der Waals surface area contributed by atoms with E-state index in [1.165, 1.54) is 11.3 Å². The molecule has 3 heterocycles. The maximum atomic E-state index is 12.5. The van der Waals surface area contributed by atoms with Crippen molar-refractivity contribution >= 4 is 28.2 Å². The number of amides is 1. The van der Waals surface area contributed by atoms with Crippen LogP contribution in [-0.2, 0) is 0 Å². The zero-order chi connectivity index (χ0) is 14.7. The molecule has 0 spiro atoms. The Hall–Kier alpha value is -1.99. The summed E-state index contributed by atoms with van der Waals surface area (Å²) in [5.74, 6) is 0.718. The van der Waals surface area contributed by atoms with Crippen LogP contribution in [-0.4, -0.2) is 46.5 Å². The van der Waals surface area contributed by atoms with E-state index in [9.17, 15) is 4.79 Å². The van der Waals surface area contributed by atoms with Gasteiger partial charge >= 0.3 is 0 Å². The van der Waals surface area contributed by atoms with Crippen LogP contribution in [0.15, 0.2) is 29.8 Å². The van der Waals surface area contributed by atoms with Crippen molar-refractivity contribution in [3.05, 3.63) is 35.5 Å². The minimum atomic E-state index is -0.00526. The van der Waals surface area contributed by atoms with Crippen molar-refractivity contribution in [2.75, 3.05) is 25.0 Å². The van der Waals surface area contributed by atoms with Crippen LogP contribution in [0.2, 0.25) is 0 Å². The minimum absolute atomic E-state index is 0.00526. The molecule has 1 aliphatic rings. The summed E-state index contributed by atoms with van der Waals surface area (Å²) in [5.41, 5.74) is 0.493. The molecule has 2 aromatic heterocycles. The summed E-state index contributed by atoms with van der Waals surface area (Å²) in [6.07, 6.45) is 1.71. The Labute approximate surface area is 127 Å². The van der Waals surface area contributed by atoms with Gasteiger partial charge in [0.25, 0.3) is 5.91 Å². The molecule has 0 radical (unpaired) electrons. The second-order valence-corrected chi connectivity index (χ2v) is 5.79. The molecule has 0 saturated carbocycles. The summed E-state index contributed by atoms with van der Waals surface area (Å²) in [6, 6.07) is 5.81. The van der Waals surface area contributed by atoms with Gasteiger partial charge in [0.15, 0.2) is 5.13 Å². The van der Waals surface area contributed by atoms with Crippen LogP contribution in [0.25, 0.3) is 0 Å². The summed E-state index contributed by atoms with van der Waals surface area (Å²) in [4.78, 5) is 22.9. The first-order valence-corrected chi connectivity index (χ1v) is 7.77. The normalized spacial score (nSPS) is 18.5. The monoisotopic (exact) mass is 303 g/mol. The van der Waals surface area contributed by atoms with Crippen LogP contribution in [0.1, 0.15) is 17.4 Å². The molecular formula is C14H17N5OS. The largest absolute Gasteiger partial charge is 0.332 e. The lowest BCUT2D eigenvalue weighted by Crippen LogP contribution is -2.52. The maximum absolute atomic E-state index is 12.5. The molecule has 6 nitrogen and oxygen atoms in total. The van der Waals surface area contributed by atoms with Gasteiger partial charge in [-0.3, -0.25) is 4.79 Å². The van der Waals surface area contributed by atoms with Crippen LogP contribution < -0.4 is 10.6 Å². The second-order valence-electron chi connectivity index (χ2n) is 4.93. The van der Waals surface area contributed by atoms with E-state index in [1.54, 1.807) is 11.6 Å². The van der Waals surface area contributed by atoms with Gasteiger partial charge in [-0.05, 0) is 19.1 Å². The number of carbonyl (C=O) groups is 1. The summed E-state index contributed by atoms with van der Waals surface area (Å²) in [6.45, 7) is 4.43. The predicted molar refractivity (Wildman–Crippen MR) is 83.0 cm³/mol. The van der Waals surface area contributed by atoms with Gasteiger partial charge in [-0.25, -0.2) is 9.97 Å². The van der Waals surface area contributed by atoms with Crippen molar-refractivity contribution in [2.45, 2.75) is 13.0 Å². The van der Waals surface area contributed by atoms with Crippen LogP contribution in [0.3, 0.4) is 0 Å². The summed E-state index contributed by atoms with van der Waals surface area (Å²) >= 11 is 1.41. The second kappa shape index (κ2) is 6.19. The van der Waals surface area contributed by atoms with Crippen LogP contribution in [0.5, 0.6) is 0 Å². The van der Waals surface area contributed by atoms with E-state index in [0.717, 1.165) is 25.5 Å². The third-order valence-electron chi connectivity index (χ3n) is 3.39. The molecule has 1 saturated heterocycles. The van der Waals surface area contributed by atoms with E-state index in [0.29, 0.717) is 10.8 Å². The van der Waals surface area contributed by atoms with Crippen molar-refractivity contribution in [3.63, 3.8) is 0 Å². The zero-order valence-electron chi connectivity index (χ0n) is 11.7. The molecule has 3 rings (SSSR count). The highest BCUT2D eigenvalue weighted by Gasteiger charge is 2.25. The van der Waals surface area contributed by atoms with Crippen LogP contribution >= 0.6 is 11.3 Å². The van der Waals surface area contributed by atoms with Gasteiger partial charge in [0.2, 0.25) is 0 Å². The Balaban J connectivity index is 1.71. The van der Waals surface area contributed by atoms with Crippen molar-refractivity contribution < 1.29 is 4.79 Å². The Morgan fingerprint density at radius 3 is 3.19 bits per heavy atom. The predicted octanol–water partition coefficient (Wildman–Crippen LogP) is 1.72. The summed E-state index contributed by atoms with van der Waals surface area (Å²) < 4.78 is 0. The highest BCUT2D eigenvalue weighted by molar-refractivity contribution is 7.14. The van der Waals surface area contributed by atoms with E-state index >= 15 is 0 Å². The van der Waals surface area contributed by atoms with E-state index in [-0.39, 0.29) is 11.9 Å². The smallest absolute Gasteiger partial charge is 0.273 e. The van der Waals surface area contributed by atoms with Crippen molar-refractivity contribution in [1.29, 1.82) is 0 Å². The number of hydrogen-bond donors (Lipinski definition) is 2. The number of piperazine rings is 1. The molecule has 1 amide bonds. The molecule has 0 bridgehead atoms. The van der Waals surface area contributed by atoms with Gasteiger partial charge in [0.05, 0.1) is 0 Å². The molecule has 0 aromatic carbocycles. The molecule has 1 atom stereocenters. The van der Waals surface area contributed by atoms with Gasteiger partial charge in [0, 0.05) is 37.3 Å². The lowest BCUT2D eigenvalue weighted by atomic mass is 10.2. The quantitative estimate of drug-likeness (QED) is 0.903. The molecule has 110 valence electrons. The number of nitrogens with zero attached hydrogens (tertiary/aromatic N) is 3. The fraction of sp³-hybridized carbons (Fsp3) is 0.357. The third kappa shape index (κ3) is 3.20. The molecule has 2 aromatic rings. The topological polar surface area (TPSA) is 70.2 Å². The highest BCUT2D eigenvalue weighted by Crippen LogP contribution is 2.21. The standard InChI is InChI=1S/C14H17N5OS/c1-10-8-15-6-7-19(10)13(20)11-9-21-14(17-11)18-12-4-2-3-5-16-12/h2-5,9-10,15H,6-8H2,1H3,(H,16,17,18)/t10-/m1/s1. The van der Waals surface area contributed by atoms with E-state index in [4.69, 9.17) is 0 Å². The number of hydrogen-bond acceptors (Lipinski definition) is 6. The molecule has 2 N–H and O–H groups in total. The number of carbonyl (C=O) groups excluding carboxylic acids is 1. The van der Waals surface area contributed by atoms with E-state index < -0.39 is 0 Å². The van der Waals surface area contributed by atoms with Gasteiger partial charge in [-0.15, -0.1) is 11.3 Å². The van der Waals surface area contributed by atoms with Crippen LogP contribution in [0, 0.1) is 0 Å². The molecule has 0 aliphatic carbocycles. The number of aromatic nitrogens is 2. The molecule has 1 aliphatic heterocycles. The molecular weight excluding hydrogens is 286 g/mol. The fourth-order valence-electron chi connectivity index (χ4n) is 2.27. The third-order valence-corrected chi connectivity index (χ3v) is 4.14. The van der Waals surface area contributed by atoms with Gasteiger partial charge in [0.1, 0.15) is 11.5 Å². The molecule has 21 heavy (non-hydrogen) atoms. The first-order valence-electron chi connectivity index (χ1n) is 6.89. The first-order chi connectivity index (χ1) is 10.2. The number of pyridine rings is 1. The fourth-order valence-corrected chi connectivity index (χ4v) is 2.96. The van der Waals surface area contributed by atoms with Gasteiger partial charge in [-0.1, -0.05) is 6.07 Å². The number of nitrogens with one attached hydrogen (secondary N) is 2. The summed E-state index contributed by atoms with van der Waals surface area (Å²) in [7, 11) is 0. The molecule has 7 heteroatoms. The molecule has 1 fully saturated rings. The SMILES string of the molecule is C[C@@H]1CNCCN1C(=O)c1csc(Nc2ccccn2)n1. The van der Waals surface area contributed by atoms with E-state index in [1.807, 2.05) is 30.0 Å². The Morgan fingerprint density at radius 1 is 1.52 bits per heavy atom. The maximum Gasteiger partial charge on any atom is 0.273 e. The number of thiazole rings is 1. The average Bonchev–Trinajstić information content (AvgIpc) is 2.97. The zero-order valence-corrected chi connectivity index (χ0v) is 12.6. The number of anilines is 2. The van der Waals surface area contributed by atoms with Crippen LogP contribution in [0.4, 0.5) is 10.9 Å². The first kappa shape index (κ1) is 14.0. The average molecular weight is 303 g/mol. The Morgan fingerprint density at radius 2 is 2.43 bits per heavy atom. The van der Waals surface area contributed by atoms with Gasteiger partial charge in [-0.2, -0.15) is 0 Å². The van der Waals surface area contributed by atoms with Crippen molar-refractivity contribution in [1.82, 2.24) is 20.2 Å². The molecule has 0 unspecified atom stereocenters. The van der Waals surface area contributed by atoms with E-state index in [2.05, 4.69) is 20.6 Å².